The highest BCUT2D eigenvalue weighted by Gasteiger charge is 2.51. The minimum Gasteiger partial charge on any atom is -0.493 e. The molecule has 0 bridgehead atoms. The number of methoxy groups -OCH3 is 1. The lowest BCUT2D eigenvalue weighted by atomic mass is 9.98. The summed E-state index contributed by atoms with van der Waals surface area (Å²) in [6, 6.07) is 15.5. The van der Waals surface area contributed by atoms with Gasteiger partial charge in [0.1, 0.15) is 6.61 Å². The third-order valence-electron chi connectivity index (χ3n) is 5.05. The Morgan fingerprint density at radius 3 is 2.35 bits per heavy atom. The first-order valence-corrected chi connectivity index (χ1v) is 12.0. The van der Waals surface area contributed by atoms with Gasteiger partial charge in [0.05, 0.1) is 26.9 Å². The monoisotopic (exact) mass is 448 g/mol. The summed E-state index contributed by atoms with van der Waals surface area (Å²) in [6.45, 7) is 4.39. The van der Waals surface area contributed by atoms with Crippen molar-refractivity contribution in [3.05, 3.63) is 59.7 Å². The SMILES string of the molecule is CCOP(=O)(OCC)C1C(=O)OCC1Cc1ccc(OC)c(OCc2ccccc2)c1. The molecule has 0 saturated carbocycles. The van der Waals surface area contributed by atoms with Crippen LogP contribution in [0.2, 0.25) is 0 Å². The molecule has 1 aliphatic heterocycles. The number of hydrogen-bond donors (Lipinski definition) is 0. The number of ether oxygens (including phenoxy) is 3. The van der Waals surface area contributed by atoms with E-state index < -0.39 is 19.2 Å². The van der Waals surface area contributed by atoms with E-state index >= 15 is 0 Å². The Balaban J connectivity index is 1.79. The van der Waals surface area contributed by atoms with Gasteiger partial charge in [0, 0.05) is 5.92 Å². The van der Waals surface area contributed by atoms with Gasteiger partial charge in [-0.25, -0.2) is 0 Å². The van der Waals surface area contributed by atoms with Gasteiger partial charge >= 0.3 is 13.6 Å². The van der Waals surface area contributed by atoms with Gasteiger partial charge in [-0.2, -0.15) is 0 Å². The summed E-state index contributed by atoms with van der Waals surface area (Å²) in [4.78, 5) is 12.4. The van der Waals surface area contributed by atoms with E-state index in [4.69, 9.17) is 23.3 Å². The van der Waals surface area contributed by atoms with E-state index in [0.717, 1.165) is 11.1 Å². The molecule has 3 rings (SSSR count). The molecule has 1 saturated heterocycles. The van der Waals surface area contributed by atoms with Gasteiger partial charge in [-0.1, -0.05) is 36.4 Å². The van der Waals surface area contributed by atoms with Crippen LogP contribution in [0.1, 0.15) is 25.0 Å². The van der Waals surface area contributed by atoms with Gasteiger partial charge in [-0.05, 0) is 43.5 Å². The standard InChI is InChI=1S/C23H29O7P/c1-4-29-31(25,30-5-2)22-19(16-28-23(22)24)13-18-11-12-20(26-3)21(14-18)27-15-17-9-7-6-8-10-17/h6-12,14,19,22H,4-5,13,15-16H2,1-3H3. The first-order chi connectivity index (χ1) is 15.0. The Hall–Kier alpha value is -2.34. The average molecular weight is 448 g/mol. The second-order valence-electron chi connectivity index (χ2n) is 7.17. The summed E-state index contributed by atoms with van der Waals surface area (Å²) in [5, 5.41) is 0. The molecule has 0 N–H and O–H groups in total. The fourth-order valence-electron chi connectivity index (χ4n) is 3.67. The number of hydrogen-bond acceptors (Lipinski definition) is 7. The summed E-state index contributed by atoms with van der Waals surface area (Å²) < 4.78 is 40.8. The van der Waals surface area contributed by atoms with Crippen LogP contribution in [0.25, 0.3) is 0 Å². The first-order valence-electron chi connectivity index (χ1n) is 10.4. The molecule has 2 atom stereocenters. The molecule has 0 radical (unpaired) electrons. The van der Waals surface area contributed by atoms with E-state index in [1.807, 2.05) is 48.5 Å². The van der Waals surface area contributed by atoms with Crippen molar-refractivity contribution in [3.8, 4) is 11.5 Å². The van der Waals surface area contributed by atoms with E-state index in [9.17, 15) is 9.36 Å². The summed E-state index contributed by atoms with van der Waals surface area (Å²) >= 11 is 0. The van der Waals surface area contributed by atoms with Crippen LogP contribution >= 0.6 is 7.60 Å². The van der Waals surface area contributed by atoms with E-state index in [0.29, 0.717) is 24.5 Å². The zero-order chi connectivity index (χ0) is 22.3. The third-order valence-corrected chi connectivity index (χ3v) is 7.60. The van der Waals surface area contributed by atoms with E-state index in [1.54, 1.807) is 21.0 Å². The van der Waals surface area contributed by atoms with Crippen LogP contribution in [-0.4, -0.2) is 38.6 Å². The van der Waals surface area contributed by atoms with Crippen LogP contribution in [0.3, 0.4) is 0 Å². The summed E-state index contributed by atoms with van der Waals surface area (Å²) in [5.41, 5.74) is 1.01. The summed E-state index contributed by atoms with van der Waals surface area (Å²) in [7, 11) is -2.04. The minimum absolute atomic E-state index is 0.167. The van der Waals surface area contributed by atoms with Crippen LogP contribution in [-0.2, 0) is 36.2 Å². The number of carbonyl (C=O) groups excluding carboxylic acids is 1. The van der Waals surface area contributed by atoms with Crippen molar-refractivity contribution in [1.82, 2.24) is 0 Å². The molecule has 2 aromatic rings. The van der Waals surface area contributed by atoms with Crippen LogP contribution in [0.15, 0.2) is 48.5 Å². The lowest BCUT2D eigenvalue weighted by Gasteiger charge is -2.24. The van der Waals surface area contributed by atoms with Crippen molar-refractivity contribution in [2.45, 2.75) is 32.5 Å². The van der Waals surface area contributed by atoms with Crippen molar-refractivity contribution in [3.63, 3.8) is 0 Å². The lowest BCUT2D eigenvalue weighted by Crippen LogP contribution is -2.27. The maximum atomic E-state index is 13.3. The molecule has 0 spiro atoms. The number of esters is 1. The maximum absolute atomic E-state index is 13.3. The molecule has 31 heavy (non-hydrogen) atoms. The van der Waals surface area contributed by atoms with Gasteiger partial charge in [-0.3, -0.25) is 9.36 Å². The topological polar surface area (TPSA) is 80.3 Å². The predicted octanol–water partition coefficient (Wildman–Crippen LogP) is 4.62. The molecule has 1 aliphatic rings. The molecule has 0 amide bonds. The molecule has 8 heteroatoms. The Labute approximate surface area is 183 Å². The van der Waals surface area contributed by atoms with Gasteiger partial charge in [0.2, 0.25) is 0 Å². The molecule has 1 fully saturated rings. The van der Waals surface area contributed by atoms with Crippen LogP contribution in [0.5, 0.6) is 11.5 Å². The Bertz CT molecular complexity index is 905. The van der Waals surface area contributed by atoms with E-state index in [2.05, 4.69) is 0 Å². The Morgan fingerprint density at radius 2 is 1.71 bits per heavy atom. The first kappa shape index (κ1) is 23.3. The average Bonchev–Trinajstić information content (AvgIpc) is 3.14. The lowest BCUT2D eigenvalue weighted by molar-refractivity contribution is -0.138. The quantitative estimate of drug-likeness (QED) is 0.366. The highest BCUT2D eigenvalue weighted by Crippen LogP contribution is 2.58. The van der Waals surface area contributed by atoms with Crippen molar-refractivity contribution in [2.24, 2.45) is 5.92 Å². The van der Waals surface area contributed by atoms with Crippen molar-refractivity contribution < 1.29 is 32.6 Å². The minimum atomic E-state index is -3.63. The largest absolute Gasteiger partial charge is 0.493 e. The molecule has 2 aromatic carbocycles. The van der Waals surface area contributed by atoms with Crippen molar-refractivity contribution in [1.29, 1.82) is 0 Å². The normalized spacial score (nSPS) is 18.6. The van der Waals surface area contributed by atoms with E-state index in [-0.39, 0.29) is 25.7 Å². The van der Waals surface area contributed by atoms with Crippen LogP contribution in [0.4, 0.5) is 0 Å². The van der Waals surface area contributed by atoms with Gasteiger partial charge in [0.15, 0.2) is 17.2 Å². The zero-order valence-electron chi connectivity index (χ0n) is 18.1. The van der Waals surface area contributed by atoms with Crippen molar-refractivity contribution >= 4 is 13.6 Å². The summed E-state index contributed by atoms with van der Waals surface area (Å²) in [5.74, 6) is 0.351. The third kappa shape index (κ3) is 5.67. The Morgan fingerprint density at radius 1 is 1.00 bits per heavy atom. The predicted molar refractivity (Wildman–Crippen MR) is 117 cm³/mol. The molecule has 168 valence electrons. The molecule has 1 heterocycles. The smallest absolute Gasteiger partial charge is 0.345 e. The van der Waals surface area contributed by atoms with Crippen LogP contribution in [0, 0.1) is 5.92 Å². The number of rotatable bonds is 11. The van der Waals surface area contributed by atoms with E-state index in [1.165, 1.54) is 0 Å². The molecule has 0 aromatic heterocycles. The van der Waals surface area contributed by atoms with Crippen molar-refractivity contribution in [2.75, 3.05) is 26.9 Å². The molecular formula is C23H29O7P. The molecular weight excluding hydrogens is 419 g/mol. The maximum Gasteiger partial charge on any atom is 0.345 e. The van der Waals surface area contributed by atoms with Gasteiger partial charge < -0.3 is 23.3 Å². The Kier molecular flexibility index (Phi) is 8.13. The summed E-state index contributed by atoms with van der Waals surface area (Å²) in [6.07, 6.45) is 0.465. The van der Waals surface area contributed by atoms with Gasteiger partial charge in [0.25, 0.3) is 0 Å². The number of cyclic esters (lactones) is 1. The molecule has 2 unspecified atom stereocenters. The zero-order valence-corrected chi connectivity index (χ0v) is 19.0. The molecule has 0 aliphatic carbocycles. The molecule has 7 nitrogen and oxygen atoms in total. The highest BCUT2D eigenvalue weighted by atomic mass is 31.2. The fraction of sp³-hybridized carbons (Fsp3) is 0.435. The van der Waals surface area contributed by atoms with Crippen LogP contribution < -0.4 is 9.47 Å². The second kappa shape index (κ2) is 10.8. The number of benzene rings is 2. The number of carbonyl (C=O) groups is 1. The fourth-order valence-corrected chi connectivity index (χ4v) is 5.83. The highest BCUT2D eigenvalue weighted by molar-refractivity contribution is 7.55. The van der Waals surface area contributed by atoms with Gasteiger partial charge in [-0.15, -0.1) is 0 Å². The second-order valence-corrected chi connectivity index (χ2v) is 9.33.